The summed E-state index contributed by atoms with van der Waals surface area (Å²) in [5.74, 6) is 2.53. The van der Waals surface area contributed by atoms with Gasteiger partial charge in [-0.2, -0.15) is 5.06 Å². The van der Waals surface area contributed by atoms with Crippen molar-refractivity contribution in [2.24, 2.45) is 0 Å². The molecule has 2 aliphatic heterocycles. The molecule has 2 N–H and O–H groups in total. The fourth-order valence-corrected chi connectivity index (χ4v) is 7.79. The number of hydroxylamine groups is 2. The lowest BCUT2D eigenvalue weighted by Gasteiger charge is -2.31. The van der Waals surface area contributed by atoms with Crippen molar-refractivity contribution in [1.82, 2.24) is 59.6 Å². The Bertz CT molecular complexity index is 2190. The number of nitrogens with zero attached hydrogens (tertiary/aromatic N) is 10. The smallest absolute Gasteiger partial charge is 0.245 e. The molecule has 0 spiro atoms. The molecule has 2 saturated heterocycles. The minimum atomic E-state index is -0.365. The van der Waals surface area contributed by atoms with E-state index in [-0.39, 0.29) is 30.1 Å². The fraction of sp³-hybridized carbons (Fsp3) is 0.357. The molecule has 8 rings (SSSR count). The van der Waals surface area contributed by atoms with Gasteiger partial charge < -0.3 is 19.8 Å². The molecule has 56 heavy (non-hydrogen) atoms. The molecule has 2 aromatic carbocycles. The van der Waals surface area contributed by atoms with Crippen molar-refractivity contribution >= 4 is 5.91 Å². The van der Waals surface area contributed by atoms with E-state index in [4.69, 9.17) is 14.8 Å². The van der Waals surface area contributed by atoms with E-state index in [0.717, 1.165) is 72.0 Å². The number of amides is 1. The van der Waals surface area contributed by atoms with Crippen LogP contribution < -0.4 is 0 Å². The summed E-state index contributed by atoms with van der Waals surface area (Å²) < 4.78 is 0. The Morgan fingerprint density at radius 1 is 0.679 bits per heavy atom. The number of rotatable bonds is 13. The first kappa shape index (κ1) is 37.3. The number of likely N-dealkylation sites (tertiary alicyclic amines) is 1. The summed E-state index contributed by atoms with van der Waals surface area (Å²) >= 11 is 0. The Labute approximate surface area is 327 Å². The standard InChI is InChI=1S/C42H48N12O2/c1-51(2)36(28-13-7-5-8-14-28)27-56-54-20-12-18-35(54)39-48-26-33(50-39)31-23-45-41(46-24-31)40-43-21-30(22-44-40)32-25-47-38(49-32)34-17-11-19-53(34)42(55)37(52(3)4)29-15-9-6-10-16-29/h5-10,13-16,21-26,34-37H,11-12,17-20,27H2,1-4H3,(H,47,49)(H,48,50)/t34-,35-,36-,37+/m0/s1. The van der Waals surface area contributed by atoms with Crippen LogP contribution in [0.3, 0.4) is 0 Å². The van der Waals surface area contributed by atoms with Gasteiger partial charge in [0.15, 0.2) is 11.6 Å². The van der Waals surface area contributed by atoms with Crippen LogP contribution in [0.25, 0.3) is 34.2 Å². The van der Waals surface area contributed by atoms with E-state index in [2.05, 4.69) is 78.2 Å². The maximum atomic E-state index is 13.9. The molecule has 288 valence electrons. The number of aromatic nitrogens is 8. The van der Waals surface area contributed by atoms with Gasteiger partial charge in [-0.1, -0.05) is 60.7 Å². The molecule has 1 amide bonds. The van der Waals surface area contributed by atoms with Gasteiger partial charge in [-0.25, -0.2) is 29.9 Å². The number of nitrogens with one attached hydrogen (secondary N) is 2. The highest BCUT2D eigenvalue weighted by Gasteiger charge is 2.37. The highest BCUT2D eigenvalue weighted by molar-refractivity contribution is 5.84. The average Bonchev–Trinajstić information content (AvgIpc) is 4.06. The monoisotopic (exact) mass is 752 g/mol. The van der Waals surface area contributed by atoms with Crippen LogP contribution in [0.15, 0.2) is 97.8 Å². The first-order valence-corrected chi connectivity index (χ1v) is 19.2. The number of benzene rings is 2. The number of likely N-dealkylation sites (N-methyl/N-ethyl adjacent to an activating group) is 2. The highest BCUT2D eigenvalue weighted by atomic mass is 16.7. The second kappa shape index (κ2) is 16.6. The number of H-pyrrole nitrogens is 2. The molecule has 14 heteroatoms. The van der Waals surface area contributed by atoms with Crippen molar-refractivity contribution in [3.05, 3.63) is 121 Å². The average molecular weight is 753 g/mol. The van der Waals surface area contributed by atoms with Gasteiger partial charge in [-0.05, 0) is 65.0 Å². The Balaban J connectivity index is 0.903. The van der Waals surface area contributed by atoms with Gasteiger partial charge >= 0.3 is 0 Å². The molecule has 0 bridgehead atoms. The van der Waals surface area contributed by atoms with Crippen molar-refractivity contribution in [1.29, 1.82) is 0 Å². The molecule has 0 aliphatic carbocycles. The van der Waals surface area contributed by atoms with E-state index in [1.165, 1.54) is 5.56 Å². The van der Waals surface area contributed by atoms with Crippen molar-refractivity contribution in [2.75, 3.05) is 47.9 Å². The van der Waals surface area contributed by atoms with Crippen molar-refractivity contribution in [2.45, 2.75) is 49.9 Å². The Morgan fingerprint density at radius 3 is 1.75 bits per heavy atom. The van der Waals surface area contributed by atoms with Crippen LogP contribution in [0.2, 0.25) is 0 Å². The Kier molecular flexibility index (Phi) is 11.0. The molecule has 0 radical (unpaired) electrons. The van der Waals surface area contributed by atoms with Crippen LogP contribution in [0, 0.1) is 0 Å². The lowest BCUT2D eigenvalue weighted by Crippen LogP contribution is -2.40. The fourth-order valence-electron chi connectivity index (χ4n) is 7.79. The van der Waals surface area contributed by atoms with E-state index < -0.39 is 0 Å². The van der Waals surface area contributed by atoms with Crippen molar-refractivity contribution < 1.29 is 9.63 Å². The number of imidazole rings is 2. The number of hydrogen-bond donors (Lipinski definition) is 2. The van der Waals surface area contributed by atoms with Crippen LogP contribution in [-0.2, 0) is 9.63 Å². The van der Waals surface area contributed by atoms with Crippen molar-refractivity contribution in [3.8, 4) is 34.2 Å². The second-order valence-corrected chi connectivity index (χ2v) is 14.9. The van der Waals surface area contributed by atoms with Crippen LogP contribution in [0.1, 0.15) is 72.6 Å². The SMILES string of the molecule is CN(C)[C@@H](CON1CCC[C@H]1c1ncc(-c2cnc(-c3ncc(-c4cnc([C@@H]5CCCN5C(=O)[C@@H](c5ccccc5)N(C)C)[nH]4)cn3)nc2)[nH]1)c1ccccc1. The summed E-state index contributed by atoms with van der Waals surface area (Å²) in [6.07, 6.45) is 14.4. The first-order valence-electron chi connectivity index (χ1n) is 19.2. The van der Waals surface area contributed by atoms with E-state index in [1.807, 2.05) is 66.5 Å². The zero-order chi connectivity index (χ0) is 38.6. The largest absolute Gasteiger partial charge is 0.341 e. The van der Waals surface area contributed by atoms with Crippen molar-refractivity contribution in [3.63, 3.8) is 0 Å². The quantitative estimate of drug-likeness (QED) is 0.142. The molecule has 14 nitrogen and oxygen atoms in total. The predicted molar refractivity (Wildman–Crippen MR) is 212 cm³/mol. The number of hydrogen-bond acceptors (Lipinski definition) is 11. The molecule has 0 saturated carbocycles. The summed E-state index contributed by atoms with van der Waals surface area (Å²) in [4.78, 5) is 61.1. The second-order valence-electron chi connectivity index (χ2n) is 14.9. The third-order valence-electron chi connectivity index (χ3n) is 10.8. The summed E-state index contributed by atoms with van der Waals surface area (Å²) in [5, 5.41) is 2.06. The minimum Gasteiger partial charge on any atom is -0.341 e. The minimum absolute atomic E-state index is 0.0371. The number of carbonyl (C=O) groups excluding carboxylic acids is 1. The molecule has 0 unspecified atom stereocenters. The van der Waals surface area contributed by atoms with Crippen LogP contribution >= 0.6 is 0 Å². The third-order valence-corrected chi connectivity index (χ3v) is 10.8. The molecule has 2 fully saturated rings. The van der Waals surface area contributed by atoms with Gasteiger partial charge in [0.2, 0.25) is 5.91 Å². The summed E-state index contributed by atoms with van der Waals surface area (Å²) in [5.41, 5.74) is 5.42. The number of carbonyl (C=O) groups is 1. The number of aromatic amines is 2. The van der Waals surface area contributed by atoms with Gasteiger partial charge in [0.05, 0.1) is 48.5 Å². The van der Waals surface area contributed by atoms with Gasteiger partial charge in [-0.15, -0.1) is 0 Å². The molecule has 4 atom stereocenters. The molecule has 4 aromatic heterocycles. The molecule has 2 aliphatic rings. The van der Waals surface area contributed by atoms with Crippen LogP contribution in [0.4, 0.5) is 0 Å². The van der Waals surface area contributed by atoms with Gasteiger partial charge in [0, 0.05) is 49.0 Å². The van der Waals surface area contributed by atoms with E-state index >= 15 is 0 Å². The maximum absolute atomic E-state index is 13.9. The Morgan fingerprint density at radius 2 is 1.20 bits per heavy atom. The Hall–Kier alpha value is -5.67. The van der Waals surface area contributed by atoms with Gasteiger partial charge in [0.25, 0.3) is 0 Å². The summed E-state index contributed by atoms with van der Waals surface area (Å²) in [7, 11) is 8.05. The summed E-state index contributed by atoms with van der Waals surface area (Å²) in [6.45, 7) is 2.09. The zero-order valence-corrected chi connectivity index (χ0v) is 32.3. The maximum Gasteiger partial charge on any atom is 0.245 e. The van der Waals surface area contributed by atoms with Crippen LogP contribution in [0.5, 0.6) is 0 Å². The normalized spacial score (nSPS) is 18.6. The highest BCUT2D eigenvalue weighted by Crippen LogP contribution is 2.36. The third kappa shape index (κ3) is 7.86. The zero-order valence-electron chi connectivity index (χ0n) is 32.3. The molecular weight excluding hydrogens is 705 g/mol. The molecule has 6 aromatic rings. The van der Waals surface area contributed by atoms with Crippen LogP contribution in [-0.4, -0.2) is 113 Å². The van der Waals surface area contributed by atoms with E-state index in [0.29, 0.717) is 24.8 Å². The predicted octanol–water partition coefficient (Wildman–Crippen LogP) is 6.05. The lowest BCUT2D eigenvalue weighted by atomic mass is 10.0. The summed E-state index contributed by atoms with van der Waals surface area (Å²) in [6, 6.07) is 20.1. The van der Waals surface area contributed by atoms with E-state index in [9.17, 15) is 4.79 Å². The van der Waals surface area contributed by atoms with Gasteiger partial charge in [0.1, 0.15) is 17.7 Å². The topological polar surface area (TPSA) is 148 Å². The molecular formula is C42H48N12O2. The van der Waals surface area contributed by atoms with Gasteiger partial charge in [-0.3, -0.25) is 14.5 Å². The van der Waals surface area contributed by atoms with E-state index in [1.54, 1.807) is 31.0 Å². The first-order chi connectivity index (χ1) is 27.3. The molecule has 6 heterocycles. The lowest BCUT2D eigenvalue weighted by molar-refractivity contribution is -0.183.